The van der Waals surface area contributed by atoms with Gasteiger partial charge in [-0.1, -0.05) is 30.3 Å². The van der Waals surface area contributed by atoms with Gasteiger partial charge in [0.2, 0.25) is 5.90 Å². The minimum atomic E-state index is -0.595. The second-order valence-corrected chi connectivity index (χ2v) is 7.05. The van der Waals surface area contributed by atoms with Crippen molar-refractivity contribution < 1.29 is 14.3 Å². The Morgan fingerprint density at radius 3 is 2.25 bits per heavy atom. The van der Waals surface area contributed by atoms with Crippen LogP contribution in [0, 0.1) is 17.7 Å². The minimum absolute atomic E-state index is 0.113. The molecule has 1 heterocycles. The van der Waals surface area contributed by atoms with Gasteiger partial charge >= 0.3 is 0 Å². The summed E-state index contributed by atoms with van der Waals surface area (Å²) in [6, 6.07) is 14.7. The van der Waals surface area contributed by atoms with Crippen LogP contribution in [0.15, 0.2) is 60.8 Å². The van der Waals surface area contributed by atoms with Crippen LogP contribution < -0.4 is 5.32 Å². The van der Waals surface area contributed by atoms with Gasteiger partial charge in [-0.3, -0.25) is 30.7 Å². The van der Waals surface area contributed by atoms with Crippen LogP contribution in [0.3, 0.4) is 0 Å². The molecule has 1 aromatic heterocycles. The zero-order chi connectivity index (χ0) is 23.3. The molecular formula is C23H22N6O3. The molecule has 0 aliphatic heterocycles. The number of hydrogen-bond acceptors (Lipinski definition) is 7. The summed E-state index contributed by atoms with van der Waals surface area (Å²) < 4.78 is 5.16. The lowest BCUT2D eigenvalue weighted by Gasteiger charge is -2.12. The van der Waals surface area contributed by atoms with Crippen LogP contribution in [0.25, 0.3) is 11.3 Å². The topological polar surface area (TPSA) is 132 Å². The minimum Gasteiger partial charge on any atom is -0.405 e. The predicted octanol–water partition coefficient (Wildman–Crippen LogP) is 2.86. The molecule has 9 heteroatoms. The predicted molar refractivity (Wildman–Crippen MR) is 120 cm³/mol. The molecule has 2 amide bonds. The lowest BCUT2D eigenvalue weighted by atomic mass is 10.1. The number of amidine groups is 1. The average molecular weight is 430 g/mol. The van der Waals surface area contributed by atoms with Crippen LogP contribution in [0.4, 0.5) is 0 Å². The van der Waals surface area contributed by atoms with Gasteiger partial charge < -0.3 is 9.64 Å². The molecule has 0 atom stereocenters. The van der Waals surface area contributed by atoms with Gasteiger partial charge in [0.25, 0.3) is 17.8 Å². The Morgan fingerprint density at radius 1 is 0.969 bits per heavy atom. The Bertz CT molecular complexity index is 1170. The number of nitrogens with zero attached hydrogens (tertiary/aromatic N) is 3. The molecule has 0 saturated carbocycles. The maximum atomic E-state index is 12.1. The fraction of sp³-hybridized carbons (Fsp3) is 0.130. The van der Waals surface area contributed by atoms with Crippen molar-refractivity contribution in [1.29, 1.82) is 10.8 Å². The third-order valence-corrected chi connectivity index (χ3v) is 4.47. The van der Waals surface area contributed by atoms with E-state index in [1.54, 1.807) is 81.8 Å². The summed E-state index contributed by atoms with van der Waals surface area (Å²) in [7, 11) is 3.36. The molecule has 32 heavy (non-hydrogen) atoms. The standard InChI is InChI=1S/C23H22N6O3/c1-14-19(20(24)32-23(25)28-21(30)16-7-5-4-6-8-16)27-18(13-26-14)15-9-11-17(12-10-15)22(31)29(2)3/h4-13,24H,1-3H3,(H2,25,28,30). The van der Waals surface area contributed by atoms with Gasteiger partial charge in [-0.25, -0.2) is 4.98 Å². The number of ether oxygens (including phenoxy) is 1. The van der Waals surface area contributed by atoms with Gasteiger partial charge in [0, 0.05) is 30.8 Å². The van der Waals surface area contributed by atoms with Crippen molar-refractivity contribution >= 4 is 23.7 Å². The van der Waals surface area contributed by atoms with Crippen molar-refractivity contribution in [2.24, 2.45) is 0 Å². The highest BCUT2D eigenvalue weighted by Gasteiger charge is 2.16. The Hall–Kier alpha value is -4.40. The molecule has 0 saturated heterocycles. The van der Waals surface area contributed by atoms with Crippen molar-refractivity contribution in [2.45, 2.75) is 6.92 Å². The van der Waals surface area contributed by atoms with E-state index in [2.05, 4.69) is 15.3 Å². The molecule has 0 spiro atoms. The molecule has 0 radical (unpaired) electrons. The second kappa shape index (κ2) is 9.61. The number of carbonyl (C=O) groups excluding carboxylic acids is 2. The molecule has 2 aromatic carbocycles. The van der Waals surface area contributed by atoms with E-state index in [0.717, 1.165) is 0 Å². The molecule has 0 aliphatic carbocycles. The third kappa shape index (κ3) is 5.20. The van der Waals surface area contributed by atoms with Gasteiger partial charge in [0.15, 0.2) is 0 Å². The number of benzene rings is 2. The number of aryl methyl sites for hydroxylation is 1. The first-order valence-electron chi connectivity index (χ1n) is 9.63. The molecule has 0 unspecified atom stereocenters. The van der Waals surface area contributed by atoms with Gasteiger partial charge in [-0.15, -0.1) is 0 Å². The fourth-order valence-electron chi connectivity index (χ4n) is 2.79. The van der Waals surface area contributed by atoms with E-state index >= 15 is 0 Å². The smallest absolute Gasteiger partial charge is 0.295 e. The van der Waals surface area contributed by atoms with Crippen LogP contribution in [0.2, 0.25) is 0 Å². The van der Waals surface area contributed by atoms with E-state index < -0.39 is 17.8 Å². The van der Waals surface area contributed by atoms with E-state index in [1.165, 1.54) is 4.90 Å². The zero-order valence-electron chi connectivity index (χ0n) is 17.8. The van der Waals surface area contributed by atoms with E-state index in [0.29, 0.717) is 28.1 Å². The first kappa shape index (κ1) is 22.3. The largest absolute Gasteiger partial charge is 0.405 e. The van der Waals surface area contributed by atoms with Crippen LogP contribution in [-0.4, -0.2) is 52.7 Å². The van der Waals surface area contributed by atoms with E-state index in [-0.39, 0.29) is 11.6 Å². The average Bonchev–Trinajstić information content (AvgIpc) is 2.79. The number of carbonyl (C=O) groups is 2. The Morgan fingerprint density at radius 2 is 1.62 bits per heavy atom. The van der Waals surface area contributed by atoms with E-state index in [9.17, 15) is 9.59 Å². The molecule has 0 aliphatic rings. The lowest BCUT2D eigenvalue weighted by Crippen LogP contribution is -2.33. The van der Waals surface area contributed by atoms with Crippen LogP contribution in [0.5, 0.6) is 0 Å². The normalized spacial score (nSPS) is 10.2. The third-order valence-electron chi connectivity index (χ3n) is 4.47. The summed E-state index contributed by atoms with van der Waals surface area (Å²) in [6.45, 7) is 1.66. The summed E-state index contributed by atoms with van der Waals surface area (Å²) in [5.74, 6) is -1.06. The molecule has 3 aromatic rings. The van der Waals surface area contributed by atoms with Crippen molar-refractivity contribution in [3.8, 4) is 11.3 Å². The van der Waals surface area contributed by atoms with Crippen LogP contribution >= 0.6 is 0 Å². The summed E-state index contributed by atoms with van der Waals surface area (Å²) >= 11 is 0. The zero-order valence-corrected chi connectivity index (χ0v) is 17.8. The second-order valence-electron chi connectivity index (χ2n) is 7.05. The van der Waals surface area contributed by atoms with Crippen molar-refractivity contribution in [1.82, 2.24) is 20.2 Å². The number of hydrogen-bond donors (Lipinski definition) is 3. The number of amides is 2. The summed E-state index contributed by atoms with van der Waals surface area (Å²) in [5, 5.41) is 18.3. The first-order chi connectivity index (χ1) is 15.3. The molecule has 9 nitrogen and oxygen atoms in total. The van der Waals surface area contributed by atoms with Gasteiger partial charge in [-0.2, -0.15) is 0 Å². The van der Waals surface area contributed by atoms with Crippen LogP contribution in [-0.2, 0) is 4.74 Å². The Balaban J connectivity index is 1.73. The molecular weight excluding hydrogens is 408 g/mol. The summed E-state index contributed by atoms with van der Waals surface area (Å²) in [6.07, 6.45) is 1.55. The highest BCUT2D eigenvalue weighted by Crippen LogP contribution is 2.19. The highest BCUT2D eigenvalue weighted by molar-refractivity contribution is 6.07. The fourth-order valence-corrected chi connectivity index (χ4v) is 2.79. The quantitative estimate of drug-likeness (QED) is 0.432. The maximum absolute atomic E-state index is 12.1. The SMILES string of the molecule is Cc1ncc(-c2ccc(C(=O)N(C)C)cc2)nc1C(=N)OC(=N)NC(=O)c1ccccc1. The highest BCUT2D eigenvalue weighted by atomic mass is 16.5. The van der Waals surface area contributed by atoms with Crippen molar-refractivity contribution in [3.63, 3.8) is 0 Å². The Labute approximate surface area is 185 Å². The Kier molecular flexibility index (Phi) is 6.69. The van der Waals surface area contributed by atoms with Crippen molar-refractivity contribution in [2.75, 3.05) is 14.1 Å². The maximum Gasteiger partial charge on any atom is 0.295 e. The molecule has 0 fully saturated rings. The summed E-state index contributed by atoms with van der Waals surface area (Å²) in [4.78, 5) is 34.4. The van der Waals surface area contributed by atoms with E-state index in [1.807, 2.05) is 0 Å². The van der Waals surface area contributed by atoms with Gasteiger partial charge in [0.05, 0.1) is 17.6 Å². The molecule has 3 rings (SSSR count). The molecule has 0 bridgehead atoms. The number of aromatic nitrogens is 2. The molecule has 3 N–H and O–H groups in total. The van der Waals surface area contributed by atoms with Crippen LogP contribution in [0.1, 0.15) is 32.1 Å². The summed E-state index contributed by atoms with van der Waals surface area (Å²) in [5.41, 5.74) is 2.64. The van der Waals surface area contributed by atoms with Crippen molar-refractivity contribution in [3.05, 3.63) is 83.3 Å². The van der Waals surface area contributed by atoms with E-state index in [4.69, 9.17) is 15.6 Å². The number of rotatable bonds is 4. The first-order valence-corrected chi connectivity index (χ1v) is 9.63. The molecule has 162 valence electrons. The lowest BCUT2D eigenvalue weighted by molar-refractivity contribution is 0.0827. The number of nitrogens with one attached hydrogen (secondary N) is 3. The van der Waals surface area contributed by atoms with Gasteiger partial charge in [-0.05, 0) is 31.2 Å². The monoisotopic (exact) mass is 430 g/mol. The van der Waals surface area contributed by atoms with Gasteiger partial charge in [0.1, 0.15) is 5.69 Å².